The monoisotopic (exact) mass is 244 g/mol. The highest BCUT2D eigenvalue weighted by molar-refractivity contribution is 5.74. The van der Waals surface area contributed by atoms with E-state index in [0.717, 1.165) is 11.3 Å². The van der Waals surface area contributed by atoms with Crippen molar-refractivity contribution in [3.8, 4) is 5.69 Å². The topological polar surface area (TPSA) is 55.1 Å². The summed E-state index contributed by atoms with van der Waals surface area (Å²) in [6, 6.07) is 9.58. The second-order valence-electron chi connectivity index (χ2n) is 4.95. The molecule has 0 spiro atoms. The van der Waals surface area contributed by atoms with Crippen molar-refractivity contribution in [2.24, 2.45) is 5.41 Å². The molecule has 0 bridgehead atoms. The van der Waals surface area contributed by atoms with Gasteiger partial charge >= 0.3 is 5.97 Å². The number of carbonyl (C=O) groups is 1. The Morgan fingerprint density at radius 3 is 2.67 bits per heavy atom. The number of hydrogen-bond acceptors (Lipinski definition) is 2. The summed E-state index contributed by atoms with van der Waals surface area (Å²) in [4.78, 5) is 11.2. The predicted molar refractivity (Wildman–Crippen MR) is 68.7 cm³/mol. The molecule has 1 N–H and O–H groups in total. The first-order chi connectivity index (χ1) is 8.50. The SMILES string of the molecule is CC(C)(Cc1ccccc1-n1cccn1)C(=O)O. The van der Waals surface area contributed by atoms with Crippen LogP contribution in [0.15, 0.2) is 42.7 Å². The molecule has 2 rings (SSSR count). The molecule has 94 valence electrons. The number of aliphatic carboxylic acids is 1. The summed E-state index contributed by atoms with van der Waals surface area (Å²) in [5.74, 6) is -0.794. The minimum Gasteiger partial charge on any atom is -0.481 e. The zero-order chi connectivity index (χ0) is 13.2. The molecule has 0 aliphatic rings. The van der Waals surface area contributed by atoms with Crippen molar-refractivity contribution in [1.29, 1.82) is 0 Å². The Morgan fingerprint density at radius 2 is 2.06 bits per heavy atom. The number of carboxylic acid groups (broad SMARTS) is 1. The van der Waals surface area contributed by atoms with E-state index in [1.54, 1.807) is 24.7 Å². The zero-order valence-electron chi connectivity index (χ0n) is 10.5. The maximum absolute atomic E-state index is 11.2. The Bertz CT molecular complexity index is 545. The molecule has 4 heteroatoms. The molecule has 1 heterocycles. The number of rotatable bonds is 4. The Morgan fingerprint density at radius 1 is 1.33 bits per heavy atom. The summed E-state index contributed by atoms with van der Waals surface area (Å²) in [5.41, 5.74) is 1.12. The quantitative estimate of drug-likeness (QED) is 0.899. The number of carboxylic acids is 1. The maximum atomic E-state index is 11.2. The molecule has 0 aliphatic carbocycles. The van der Waals surface area contributed by atoms with E-state index < -0.39 is 11.4 Å². The van der Waals surface area contributed by atoms with Crippen molar-refractivity contribution in [3.63, 3.8) is 0 Å². The number of benzene rings is 1. The van der Waals surface area contributed by atoms with E-state index in [9.17, 15) is 9.90 Å². The fraction of sp³-hybridized carbons (Fsp3) is 0.286. The van der Waals surface area contributed by atoms with Gasteiger partial charge in [-0.15, -0.1) is 0 Å². The Balaban J connectivity index is 2.38. The van der Waals surface area contributed by atoms with Crippen molar-refractivity contribution in [2.45, 2.75) is 20.3 Å². The van der Waals surface area contributed by atoms with Crippen LogP contribution in [0.25, 0.3) is 5.69 Å². The van der Waals surface area contributed by atoms with Gasteiger partial charge in [0.15, 0.2) is 0 Å². The second kappa shape index (κ2) is 4.64. The van der Waals surface area contributed by atoms with Crippen molar-refractivity contribution in [1.82, 2.24) is 9.78 Å². The molecule has 0 fully saturated rings. The largest absolute Gasteiger partial charge is 0.481 e. The van der Waals surface area contributed by atoms with Gasteiger partial charge in [-0.05, 0) is 38.0 Å². The van der Waals surface area contributed by atoms with Gasteiger partial charge in [-0.3, -0.25) is 4.79 Å². The molecule has 1 aromatic carbocycles. The van der Waals surface area contributed by atoms with E-state index in [4.69, 9.17) is 0 Å². The van der Waals surface area contributed by atoms with Crippen molar-refractivity contribution < 1.29 is 9.90 Å². The lowest BCUT2D eigenvalue weighted by molar-refractivity contribution is -0.146. The molecule has 2 aromatic rings. The third-order valence-electron chi connectivity index (χ3n) is 2.95. The number of nitrogens with zero attached hydrogens (tertiary/aromatic N) is 2. The van der Waals surface area contributed by atoms with Crippen LogP contribution in [-0.4, -0.2) is 20.9 Å². The molecule has 0 radical (unpaired) electrons. The molecule has 0 amide bonds. The van der Waals surface area contributed by atoms with Gasteiger partial charge in [0.05, 0.1) is 11.1 Å². The van der Waals surface area contributed by atoms with Crippen LogP contribution in [0, 0.1) is 5.41 Å². The molecule has 18 heavy (non-hydrogen) atoms. The average Bonchev–Trinajstić information content (AvgIpc) is 2.82. The van der Waals surface area contributed by atoms with E-state index >= 15 is 0 Å². The lowest BCUT2D eigenvalue weighted by atomic mass is 9.85. The van der Waals surface area contributed by atoms with Crippen LogP contribution in [-0.2, 0) is 11.2 Å². The lowest BCUT2D eigenvalue weighted by Gasteiger charge is -2.20. The van der Waals surface area contributed by atoms with E-state index in [2.05, 4.69) is 5.10 Å². The smallest absolute Gasteiger partial charge is 0.309 e. The highest BCUT2D eigenvalue weighted by Crippen LogP contribution is 2.25. The molecule has 1 aromatic heterocycles. The minimum absolute atomic E-state index is 0.471. The van der Waals surface area contributed by atoms with Crippen LogP contribution in [0.2, 0.25) is 0 Å². The molecular weight excluding hydrogens is 228 g/mol. The van der Waals surface area contributed by atoms with Gasteiger partial charge in [-0.1, -0.05) is 18.2 Å². The summed E-state index contributed by atoms with van der Waals surface area (Å²) in [6.07, 6.45) is 4.03. The summed E-state index contributed by atoms with van der Waals surface area (Å²) >= 11 is 0. The van der Waals surface area contributed by atoms with Gasteiger partial charge in [-0.25, -0.2) is 4.68 Å². The third-order valence-corrected chi connectivity index (χ3v) is 2.95. The summed E-state index contributed by atoms with van der Waals surface area (Å²) in [7, 11) is 0. The molecule has 0 saturated carbocycles. The van der Waals surface area contributed by atoms with Crippen molar-refractivity contribution >= 4 is 5.97 Å². The van der Waals surface area contributed by atoms with Crippen LogP contribution in [0.3, 0.4) is 0 Å². The van der Waals surface area contributed by atoms with E-state index in [0.29, 0.717) is 6.42 Å². The van der Waals surface area contributed by atoms with Crippen molar-refractivity contribution in [3.05, 3.63) is 48.3 Å². The number of para-hydroxylation sites is 1. The van der Waals surface area contributed by atoms with Crippen LogP contribution >= 0.6 is 0 Å². The highest BCUT2D eigenvalue weighted by Gasteiger charge is 2.28. The summed E-state index contributed by atoms with van der Waals surface area (Å²) < 4.78 is 1.76. The predicted octanol–water partition coefficient (Wildman–Crippen LogP) is 2.53. The summed E-state index contributed by atoms with van der Waals surface area (Å²) in [6.45, 7) is 3.46. The van der Waals surface area contributed by atoms with E-state index in [-0.39, 0.29) is 0 Å². The van der Waals surface area contributed by atoms with Gasteiger partial charge in [0.1, 0.15) is 0 Å². The van der Waals surface area contributed by atoms with Crippen LogP contribution in [0.1, 0.15) is 19.4 Å². The lowest BCUT2D eigenvalue weighted by Crippen LogP contribution is -2.26. The third kappa shape index (κ3) is 2.42. The molecule has 4 nitrogen and oxygen atoms in total. The van der Waals surface area contributed by atoms with Crippen LogP contribution in [0.5, 0.6) is 0 Å². The van der Waals surface area contributed by atoms with Gasteiger partial charge < -0.3 is 5.11 Å². The van der Waals surface area contributed by atoms with Gasteiger partial charge in [0, 0.05) is 12.4 Å². The minimum atomic E-state index is -0.794. The van der Waals surface area contributed by atoms with Crippen molar-refractivity contribution in [2.75, 3.05) is 0 Å². The Kier molecular flexibility index (Phi) is 3.19. The fourth-order valence-corrected chi connectivity index (χ4v) is 1.85. The normalized spacial score (nSPS) is 11.4. The first kappa shape index (κ1) is 12.4. The first-order valence-corrected chi connectivity index (χ1v) is 5.82. The molecule has 0 atom stereocenters. The number of hydrogen-bond donors (Lipinski definition) is 1. The summed E-state index contributed by atoms with van der Waals surface area (Å²) in [5, 5.41) is 13.4. The Labute approximate surface area is 106 Å². The molecule has 0 aliphatic heterocycles. The van der Waals surface area contributed by atoms with Gasteiger partial charge in [0.2, 0.25) is 0 Å². The Hall–Kier alpha value is -2.10. The maximum Gasteiger partial charge on any atom is 0.309 e. The van der Waals surface area contributed by atoms with Gasteiger partial charge in [-0.2, -0.15) is 5.10 Å². The second-order valence-corrected chi connectivity index (χ2v) is 4.95. The van der Waals surface area contributed by atoms with Gasteiger partial charge in [0.25, 0.3) is 0 Å². The molecular formula is C14H16N2O2. The first-order valence-electron chi connectivity index (χ1n) is 5.82. The van der Waals surface area contributed by atoms with E-state index in [1.165, 1.54) is 0 Å². The molecule has 0 unspecified atom stereocenters. The van der Waals surface area contributed by atoms with Crippen LogP contribution in [0.4, 0.5) is 0 Å². The van der Waals surface area contributed by atoms with E-state index in [1.807, 2.05) is 36.5 Å². The number of aromatic nitrogens is 2. The highest BCUT2D eigenvalue weighted by atomic mass is 16.4. The fourth-order valence-electron chi connectivity index (χ4n) is 1.85. The van der Waals surface area contributed by atoms with Crippen LogP contribution < -0.4 is 0 Å². The standard InChI is InChI=1S/C14H16N2O2/c1-14(2,13(17)18)10-11-6-3-4-7-12(11)16-9-5-8-15-16/h3-9H,10H2,1-2H3,(H,17,18). The zero-order valence-corrected chi connectivity index (χ0v) is 10.5. The average molecular weight is 244 g/mol. The molecule has 0 saturated heterocycles.